The molecule has 1 aromatic heterocycles. The summed E-state index contributed by atoms with van der Waals surface area (Å²) >= 11 is 0. The maximum absolute atomic E-state index is 13.8. The van der Waals surface area contributed by atoms with Crippen molar-refractivity contribution in [3.63, 3.8) is 0 Å². The number of benzene rings is 1. The van der Waals surface area contributed by atoms with Crippen LogP contribution in [0.1, 0.15) is 20.8 Å². The molecule has 0 aliphatic carbocycles. The van der Waals surface area contributed by atoms with Crippen molar-refractivity contribution >= 4 is 10.0 Å². The fraction of sp³-hybridized carbons (Fsp3) is 0.400. The van der Waals surface area contributed by atoms with Gasteiger partial charge in [0.1, 0.15) is 16.4 Å². The Kier molecular flexibility index (Phi) is 4.88. The molecule has 8 heteroatoms. The summed E-state index contributed by atoms with van der Waals surface area (Å²) in [5.41, 5.74) is -0.996. The van der Waals surface area contributed by atoms with Crippen LogP contribution in [0.25, 0.3) is 5.69 Å². The summed E-state index contributed by atoms with van der Waals surface area (Å²) in [4.78, 5) is -0.0492. The van der Waals surface area contributed by atoms with E-state index in [0.717, 1.165) is 4.31 Å². The summed E-state index contributed by atoms with van der Waals surface area (Å²) in [6.45, 7) is 4.92. The highest BCUT2D eigenvalue weighted by molar-refractivity contribution is 7.89. The second-order valence-electron chi connectivity index (χ2n) is 5.82. The lowest BCUT2D eigenvalue weighted by molar-refractivity contribution is 0.0601. The normalized spacial score (nSPS) is 12.8. The summed E-state index contributed by atoms with van der Waals surface area (Å²) in [6.07, 6.45) is 2.44. The third-order valence-corrected chi connectivity index (χ3v) is 5.09. The SMILES string of the molecule is CCN(CC(C)(C)O)S(=O)(=O)c1cnn(-c2ccccc2F)c1. The predicted octanol–water partition coefficient (Wildman–Crippen LogP) is 1.79. The van der Waals surface area contributed by atoms with Crippen molar-refractivity contribution in [1.29, 1.82) is 0 Å². The average molecular weight is 341 g/mol. The van der Waals surface area contributed by atoms with Gasteiger partial charge in [0.2, 0.25) is 10.0 Å². The third-order valence-electron chi connectivity index (χ3n) is 3.21. The Morgan fingerprint density at radius 1 is 1.35 bits per heavy atom. The predicted molar refractivity (Wildman–Crippen MR) is 84.3 cm³/mol. The summed E-state index contributed by atoms with van der Waals surface area (Å²) < 4.78 is 41.4. The number of nitrogens with zero attached hydrogens (tertiary/aromatic N) is 3. The first-order valence-electron chi connectivity index (χ1n) is 7.17. The molecule has 23 heavy (non-hydrogen) atoms. The Hall–Kier alpha value is -1.77. The van der Waals surface area contributed by atoms with Crippen molar-refractivity contribution in [3.05, 3.63) is 42.5 Å². The molecule has 126 valence electrons. The van der Waals surface area contributed by atoms with E-state index in [2.05, 4.69) is 5.10 Å². The Labute approximate surface area is 135 Å². The molecule has 0 saturated carbocycles. The maximum atomic E-state index is 13.8. The van der Waals surface area contributed by atoms with Gasteiger partial charge >= 0.3 is 0 Å². The van der Waals surface area contributed by atoms with E-state index in [0.29, 0.717) is 0 Å². The van der Waals surface area contributed by atoms with E-state index in [1.807, 2.05) is 0 Å². The minimum atomic E-state index is -3.82. The quantitative estimate of drug-likeness (QED) is 0.869. The van der Waals surface area contributed by atoms with Crippen molar-refractivity contribution in [2.45, 2.75) is 31.3 Å². The Morgan fingerprint density at radius 3 is 2.57 bits per heavy atom. The highest BCUT2D eigenvalue weighted by atomic mass is 32.2. The monoisotopic (exact) mass is 341 g/mol. The van der Waals surface area contributed by atoms with Crippen LogP contribution in [0, 0.1) is 5.82 Å². The molecule has 0 bridgehead atoms. The van der Waals surface area contributed by atoms with Crippen LogP contribution in [-0.2, 0) is 10.0 Å². The number of aromatic nitrogens is 2. The highest BCUT2D eigenvalue weighted by Gasteiger charge is 2.29. The first-order valence-corrected chi connectivity index (χ1v) is 8.61. The standard InChI is InChI=1S/C15H20FN3O3S/c1-4-18(11-15(2,3)20)23(21,22)12-9-17-19(10-12)14-8-6-5-7-13(14)16/h5-10,20H,4,11H2,1-3H3. The van der Waals surface area contributed by atoms with E-state index >= 15 is 0 Å². The molecule has 0 aliphatic heterocycles. The van der Waals surface area contributed by atoms with E-state index in [1.165, 1.54) is 43.1 Å². The molecule has 2 rings (SSSR count). The molecule has 0 aliphatic rings. The smallest absolute Gasteiger partial charge is 0.246 e. The molecule has 0 atom stereocenters. The number of aliphatic hydroxyl groups is 1. The van der Waals surface area contributed by atoms with Crippen LogP contribution in [0.4, 0.5) is 4.39 Å². The number of hydrogen-bond acceptors (Lipinski definition) is 4. The molecule has 0 radical (unpaired) electrons. The van der Waals surface area contributed by atoms with Crippen LogP contribution in [-0.4, -0.2) is 46.3 Å². The van der Waals surface area contributed by atoms with E-state index in [4.69, 9.17) is 0 Å². The zero-order valence-electron chi connectivity index (χ0n) is 13.3. The van der Waals surface area contributed by atoms with Crippen LogP contribution in [0.2, 0.25) is 0 Å². The molecule has 0 fully saturated rings. The van der Waals surface area contributed by atoms with Gasteiger partial charge in [0.05, 0.1) is 18.0 Å². The molecule has 1 heterocycles. The van der Waals surface area contributed by atoms with E-state index in [-0.39, 0.29) is 23.7 Å². The summed E-state index contributed by atoms with van der Waals surface area (Å²) in [5.74, 6) is -0.497. The van der Waals surface area contributed by atoms with E-state index in [9.17, 15) is 17.9 Å². The molecule has 1 aromatic carbocycles. The largest absolute Gasteiger partial charge is 0.389 e. The van der Waals surface area contributed by atoms with Gasteiger partial charge < -0.3 is 5.11 Å². The molecule has 0 spiro atoms. The molecule has 0 amide bonds. The van der Waals surface area contributed by atoms with Gasteiger partial charge in [-0.15, -0.1) is 0 Å². The van der Waals surface area contributed by atoms with Gasteiger partial charge in [-0.25, -0.2) is 17.5 Å². The molecular formula is C15H20FN3O3S. The van der Waals surface area contributed by atoms with Crippen molar-refractivity contribution in [2.24, 2.45) is 0 Å². The number of sulfonamides is 1. The third kappa shape index (κ3) is 3.95. The van der Waals surface area contributed by atoms with Gasteiger partial charge in [-0.2, -0.15) is 9.40 Å². The van der Waals surface area contributed by atoms with Gasteiger partial charge in [-0.1, -0.05) is 19.1 Å². The van der Waals surface area contributed by atoms with Crippen LogP contribution in [0.15, 0.2) is 41.6 Å². The molecule has 0 saturated heterocycles. The van der Waals surface area contributed by atoms with Gasteiger partial charge in [0.25, 0.3) is 0 Å². The topological polar surface area (TPSA) is 75.4 Å². The van der Waals surface area contributed by atoms with Crippen LogP contribution < -0.4 is 0 Å². The lowest BCUT2D eigenvalue weighted by Gasteiger charge is -2.26. The number of para-hydroxylation sites is 1. The van der Waals surface area contributed by atoms with Crippen LogP contribution >= 0.6 is 0 Å². The summed E-state index contributed by atoms with van der Waals surface area (Å²) in [6, 6.07) is 5.97. The zero-order chi connectivity index (χ0) is 17.3. The Bertz CT molecular complexity index is 781. The maximum Gasteiger partial charge on any atom is 0.246 e. The second kappa shape index (κ2) is 6.38. The summed E-state index contributed by atoms with van der Waals surface area (Å²) in [7, 11) is -3.82. The second-order valence-corrected chi connectivity index (χ2v) is 7.75. The molecule has 1 N–H and O–H groups in total. The minimum absolute atomic E-state index is 0.0449. The minimum Gasteiger partial charge on any atom is -0.389 e. The van der Waals surface area contributed by atoms with Crippen LogP contribution in [0.3, 0.4) is 0 Å². The number of likely N-dealkylation sites (N-methyl/N-ethyl adjacent to an activating group) is 1. The van der Waals surface area contributed by atoms with Crippen molar-refractivity contribution in [3.8, 4) is 5.69 Å². The Morgan fingerprint density at radius 2 is 2.00 bits per heavy atom. The van der Waals surface area contributed by atoms with Crippen molar-refractivity contribution in [1.82, 2.24) is 14.1 Å². The highest BCUT2D eigenvalue weighted by Crippen LogP contribution is 2.20. The number of halogens is 1. The lowest BCUT2D eigenvalue weighted by atomic mass is 10.1. The number of rotatable bonds is 6. The van der Waals surface area contributed by atoms with Crippen molar-refractivity contribution in [2.75, 3.05) is 13.1 Å². The average Bonchev–Trinajstić information content (AvgIpc) is 2.94. The summed E-state index contributed by atoms with van der Waals surface area (Å²) in [5, 5.41) is 13.8. The molecular weight excluding hydrogens is 321 g/mol. The van der Waals surface area contributed by atoms with Gasteiger partial charge in [-0.05, 0) is 26.0 Å². The van der Waals surface area contributed by atoms with Gasteiger partial charge in [-0.3, -0.25) is 0 Å². The number of hydrogen-bond donors (Lipinski definition) is 1. The molecule has 6 nitrogen and oxygen atoms in total. The fourth-order valence-electron chi connectivity index (χ4n) is 2.16. The fourth-order valence-corrected chi connectivity index (χ4v) is 3.69. The zero-order valence-corrected chi connectivity index (χ0v) is 14.1. The van der Waals surface area contributed by atoms with Crippen molar-refractivity contribution < 1.29 is 17.9 Å². The van der Waals surface area contributed by atoms with E-state index in [1.54, 1.807) is 19.1 Å². The first kappa shape index (κ1) is 17.6. The molecule has 2 aromatic rings. The van der Waals surface area contributed by atoms with E-state index < -0.39 is 21.4 Å². The Balaban J connectivity index is 2.37. The van der Waals surface area contributed by atoms with Crippen LogP contribution in [0.5, 0.6) is 0 Å². The first-order chi connectivity index (χ1) is 10.6. The van der Waals surface area contributed by atoms with Gasteiger partial charge in [0.15, 0.2) is 0 Å². The lowest BCUT2D eigenvalue weighted by Crippen LogP contribution is -2.41. The van der Waals surface area contributed by atoms with Gasteiger partial charge in [0, 0.05) is 13.1 Å². The molecule has 0 unspecified atom stereocenters.